The first-order valence-corrected chi connectivity index (χ1v) is 24.3. The molecule has 2 aromatic heterocycles. The smallest absolute Gasteiger partial charge is 0.136 e. The Morgan fingerprint density at radius 3 is 1.65 bits per heavy atom. The second-order valence-corrected chi connectivity index (χ2v) is 18.4. The predicted octanol–water partition coefficient (Wildman–Crippen LogP) is 19.1. The summed E-state index contributed by atoms with van der Waals surface area (Å²) in [4.78, 5) is 2.41. The number of anilines is 3. The first-order chi connectivity index (χ1) is 35.2. The highest BCUT2D eigenvalue weighted by Crippen LogP contribution is 2.45. The first-order valence-electron chi connectivity index (χ1n) is 24.3. The Morgan fingerprint density at radius 2 is 0.845 bits per heavy atom. The van der Waals surface area contributed by atoms with Crippen molar-refractivity contribution in [2.45, 2.75) is 0 Å². The highest BCUT2D eigenvalue weighted by atomic mass is 16.3. The van der Waals surface area contributed by atoms with Gasteiger partial charge in [0.2, 0.25) is 0 Å². The zero-order chi connectivity index (χ0) is 46.8. The van der Waals surface area contributed by atoms with Crippen molar-refractivity contribution in [2.75, 3.05) is 4.90 Å². The minimum absolute atomic E-state index is 0.886. The highest BCUT2D eigenvalue weighted by molar-refractivity contribution is 6.13. The first kappa shape index (κ1) is 40.6. The third-order valence-corrected chi connectivity index (χ3v) is 14.4. The molecule has 12 aromatic carbocycles. The maximum atomic E-state index is 6.36. The van der Waals surface area contributed by atoms with Crippen molar-refractivity contribution in [1.29, 1.82) is 0 Å². The molecule has 3 heteroatoms. The molecule has 332 valence electrons. The van der Waals surface area contributed by atoms with E-state index in [1.54, 1.807) is 0 Å². The van der Waals surface area contributed by atoms with Gasteiger partial charge in [0.15, 0.2) is 0 Å². The molecule has 14 aromatic rings. The molecule has 0 aliphatic heterocycles. The molecule has 3 nitrogen and oxygen atoms in total. The number of aromatic nitrogens is 1. The Morgan fingerprint density at radius 1 is 0.296 bits per heavy atom. The summed E-state index contributed by atoms with van der Waals surface area (Å²) in [6, 6.07) is 96.8. The molecule has 0 saturated carbocycles. The van der Waals surface area contributed by atoms with Crippen molar-refractivity contribution in [2.24, 2.45) is 0 Å². The van der Waals surface area contributed by atoms with Gasteiger partial charge in [0.25, 0.3) is 0 Å². The van der Waals surface area contributed by atoms with Crippen LogP contribution in [0.5, 0.6) is 0 Å². The molecule has 0 N–H and O–H groups in total. The standard InChI is InChI=1S/C68H44N2O/c1-2-19-56-48(14-1)34-35-51-42-52(38-41-57(51)56)58-20-3-7-25-63(58)69(54-17-12-16-50(44-54)59-24-13-29-67-68(59)62-23-6-10-28-66(62)71-67)53-39-36-46(37-40-53)45-30-32-47(33-31-45)49-15-11-18-55(43-49)70-64-26-8-4-21-60(64)61-22-5-9-27-65(61)70/h1-44H. The molecule has 0 bridgehead atoms. The number of hydrogen-bond acceptors (Lipinski definition) is 2. The average Bonchev–Trinajstić information content (AvgIpc) is 4.00. The normalized spacial score (nSPS) is 11.7. The number of rotatable bonds is 8. The summed E-state index contributed by atoms with van der Waals surface area (Å²) in [5.74, 6) is 0. The molecule has 0 amide bonds. The fraction of sp³-hybridized carbons (Fsp3) is 0. The van der Waals surface area contributed by atoms with Crippen LogP contribution in [0.4, 0.5) is 17.1 Å². The van der Waals surface area contributed by atoms with E-state index < -0.39 is 0 Å². The van der Waals surface area contributed by atoms with Crippen molar-refractivity contribution >= 4 is 82.4 Å². The van der Waals surface area contributed by atoms with Gasteiger partial charge in [-0.05, 0) is 133 Å². The summed E-state index contributed by atoms with van der Waals surface area (Å²) in [5.41, 5.74) is 17.8. The van der Waals surface area contributed by atoms with E-state index in [1.807, 2.05) is 12.1 Å². The molecule has 0 aliphatic rings. The number of fused-ring (bicyclic) bond motifs is 9. The Bertz CT molecular complexity index is 4290. The van der Waals surface area contributed by atoms with Crippen LogP contribution in [0, 0.1) is 0 Å². The number of furan rings is 1. The molecule has 0 unspecified atom stereocenters. The van der Waals surface area contributed by atoms with E-state index >= 15 is 0 Å². The summed E-state index contributed by atoms with van der Waals surface area (Å²) < 4.78 is 8.74. The molecule has 0 radical (unpaired) electrons. The maximum absolute atomic E-state index is 6.36. The zero-order valence-corrected chi connectivity index (χ0v) is 38.7. The van der Waals surface area contributed by atoms with Crippen LogP contribution in [0.3, 0.4) is 0 Å². The Balaban J connectivity index is 0.851. The average molecular weight is 905 g/mol. The van der Waals surface area contributed by atoms with Gasteiger partial charge < -0.3 is 13.9 Å². The Kier molecular flexibility index (Phi) is 9.53. The lowest BCUT2D eigenvalue weighted by Crippen LogP contribution is -2.11. The lowest BCUT2D eigenvalue weighted by Gasteiger charge is -2.28. The third-order valence-electron chi connectivity index (χ3n) is 14.4. The minimum Gasteiger partial charge on any atom is -0.456 e. The SMILES string of the molecule is c1cc(-c2cccc3oc4ccccc4c23)cc(N(c2ccc(-c3ccc(-c4cccc(-n5c6ccccc6c6ccccc65)c4)cc3)cc2)c2ccccc2-c2ccc3c(ccc4ccccc43)c2)c1. The monoisotopic (exact) mass is 904 g/mol. The molecule has 0 saturated heterocycles. The third kappa shape index (κ3) is 6.89. The molecular weight excluding hydrogens is 861 g/mol. The van der Waals surface area contributed by atoms with Crippen molar-refractivity contribution in [1.82, 2.24) is 4.57 Å². The second-order valence-electron chi connectivity index (χ2n) is 18.4. The predicted molar refractivity (Wildman–Crippen MR) is 299 cm³/mol. The van der Waals surface area contributed by atoms with E-state index in [-0.39, 0.29) is 0 Å². The molecule has 2 heterocycles. The van der Waals surface area contributed by atoms with Gasteiger partial charge in [-0.3, -0.25) is 0 Å². The fourth-order valence-electron chi connectivity index (χ4n) is 11.0. The van der Waals surface area contributed by atoms with Gasteiger partial charge in [0.1, 0.15) is 11.2 Å². The van der Waals surface area contributed by atoms with E-state index in [4.69, 9.17) is 4.42 Å². The zero-order valence-electron chi connectivity index (χ0n) is 38.7. The number of para-hydroxylation sites is 4. The van der Waals surface area contributed by atoms with E-state index in [9.17, 15) is 0 Å². The van der Waals surface area contributed by atoms with Crippen molar-refractivity contribution in [3.63, 3.8) is 0 Å². The highest BCUT2D eigenvalue weighted by Gasteiger charge is 2.20. The summed E-state index contributed by atoms with van der Waals surface area (Å²) in [6.07, 6.45) is 0. The Labute approximate surface area is 411 Å². The molecule has 14 rings (SSSR count). The van der Waals surface area contributed by atoms with Crippen molar-refractivity contribution < 1.29 is 4.42 Å². The van der Waals surface area contributed by atoms with Crippen LogP contribution in [-0.4, -0.2) is 4.57 Å². The maximum Gasteiger partial charge on any atom is 0.136 e. The van der Waals surface area contributed by atoms with Gasteiger partial charge in [-0.1, -0.05) is 194 Å². The van der Waals surface area contributed by atoms with Gasteiger partial charge in [-0.25, -0.2) is 0 Å². The topological polar surface area (TPSA) is 21.3 Å². The van der Waals surface area contributed by atoms with Crippen LogP contribution in [0.15, 0.2) is 271 Å². The molecular formula is C68H44N2O. The molecule has 0 spiro atoms. The molecule has 71 heavy (non-hydrogen) atoms. The van der Waals surface area contributed by atoms with Crippen LogP contribution >= 0.6 is 0 Å². The van der Waals surface area contributed by atoms with E-state index in [0.717, 1.165) is 78.1 Å². The quantitative estimate of drug-likeness (QED) is 0.142. The van der Waals surface area contributed by atoms with Crippen LogP contribution < -0.4 is 4.90 Å². The van der Waals surface area contributed by atoms with E-state index in [1.165, 1.54) is 54.5 Å². The number of benzene rings is 12. The van der Waals surface area contributed by atoms with Crippen LogP contribution in [0.25, 0.3) is 115 Å². The van der Waals surface area contributed by atoms with Crippen LogP contribution in [0.2, 0.25) is 0 Å². The Hall–Kier alpha value is -9.44. The van der Waals surface area contributed by atoms with Gasteiger partial charge in [-0.15, -0.1) is 0 Å². The fourth-order valence-corrected chi connectivity index (χ4v) is 11.0. The summed E-state index contributed by atoms with van der Waals surface area (Å²) in [6.45, 7) is 0. The van der Waals surface area contributed by atoms with Gasteiger partial charge in [0.05, 0.1) is 16.7 Å². The molecule has 0 atom stereocenters. The largest absolute Gasteiger partial charge is 0.456 e. The lowest BCUT2D eigenvalue weighted by molar-refractivity contribution is 0.669. The second kappa shape index (κ2) is 16.7. The minimum atomic E-state index is 0.886. The summed E-state index contributed by atoms with van der Waals surface area (Å²) >= 11 is 0. The number of hydrogen-bond donors (Lipinski definition) is 0. The number of nitrogens with zero attached hydrogens (tertiary/aromatic N) is 2. The van der Waals surface area contributed by atoms with Crippen LogP contribution in [0.1, 0.15) is 0 Å². The summed E-state index contributed by atoms with van der Waals surface area (Å²) in [5, 5.41) is 9.76. The molecule has 0 fully saturated rings. The molecule has 0 aliphatic carbocycles. The van der Waals surface area contributed by atoms with Gasteiger partial charge in [0, 0.05) is 44.2 Å². The lowest BCUT2D eigenvalue weighted by atomic mass is 9.95. The van der Waals surface area contributed by atoms with E-state index in [0.29, 0.717) is 0 Å². The van der Waals surface area contributed by atoms with Crippen molar-refractivity contribution in [3.8, 4) is 50.2 Å². The van der Waals surface area contributed by atoms with E-state index in [2.05, 4.69) is 264 Å². The van der Waals surface area contributed by atoms with Gasteiger partial charge in [-0.2, -0.15) is 0 Å². The van der Waals surface area contributed by atoms with Crippen LogP contribution in [-0.2, 0) is 0 Å². The summed E-state index contributed by atoms with van der Waals surface area (Å²) in [7, 11) is 0. The van der Waals surface area contributed by atoms with Crippen molar-refractivity contribution in [3.05, 3.63) is 267 Å². The van der Waals surface area contributed by atoms with Gasteiger partial charge >= 0.3 is 0 Å².